The smallest absolute Gasteiger partial charge is 0.270 e. The van der Waals surface area contributed by atoms with E-state index in [0.29, 0.717) is 12.5 Å². The number of nitro benzene ring substituents is 1. The van der Waals surface area contributed by atoms with Crippen LogP contribution in [0.4, 0.5) is 5.69 Å². The highest BCUT2D eigenvalue weighted by molar-refractivity contribution is 6.33. The fourth-order valence-electron chi connectivity index (χ4n) is 2.08. The van der Waals surface area contributed by atoms with Gasteiger partial charge in [-0.3, -0.25) is 14.9 Å². The molecule has 21 heavy (non-hydrogen) atoms. The lowest BCUT2D eigenvalue weighted by atomic mass is 9.99. The van der Waals surface area contributed by atoms with E-state index >= 15 is 0 Å². The van der Waals surface area contributed by atoms with Crippen molar-refractivity contribution in [2.75, 3.05) is 6.54 Å². The minimum Gasteiger partial charge on any atom is -0.352 e. The molecule has 0 bridgehead atoms. The van der Waals surface area contributed by atoms with E-state index in [1.54, 1.807) is 0 Å². The molecule has 5 nitrogen and oxygen atoms in total. The van der Waals surface area contributed by atoms with E-state index in [1.165, 1.54) is 18.2 Å². The zero-order valence-electron chi connectivity index (χ0n) is 12.4. The number of hydrogen-bond acceptors (Lipinski definition) is 3. The lowest BCUT2D eigenvalue weighted by molar-refractivity contribution is -0.384. The lowest BCUT2D eigenvalue weighted by Crippen LogP contribution is -2.29. The molecule has 0 aromatic heterocycles. The van der Waals surface area contributed by atoms with E-state index in [-0.39, 0.29) is 22.2 Å². The standard InChI is InChI=1S/C15H21ClN2O3/c1-3-5-6-11(4-2)10-17-15(19)13-9-12(18(20)21)7-8-14(13)16/h7-9,11H,3-6,10H2,1-2H3,(H,17,19)/t11-/m0/s1. The molecule has 0 radical (unpaired) electrons. The van der Waals surface area contributed by atoms with Crippen molar-refractivity contribution in [2.45, 2.75) is 39.5 Å². The predicted octanol–water partition coefficient (Wildman–Crippen LogP) is 4.19. The van der Waals surface area contributed by atoms with Crippen molar-refractivity contribution >= 4 is 23.2 Å². The molecular weight excluding hydrogens is 292 g/mol. The summed E-state index contributed by atoms with van der Waals surface area (Å²) in [5, 5.41) is 13.8. The highest BCUT2D eigenvalue weighted by Gasteiger charge is 2.16. The largest absolute Gasteiger partial charge is 0.352 e. The van der Waals surface area contributed by atoms with Crippen LogP contribution >= 0.6 is 11.6 Å². The van der Waals surface area contributed by atoms with Gasteiger partial charge in [0.25, 0.3) is 11.6 Å². The first-order valence-electron chi connectivity index (χ1n) is 7.21. The number of nitrogens with zero attached hydrogens (tertiary/aromatic N) is 1. The van der Waals surface area contributed by atoms with Gasteiger partial charge in [-0.05, 0) is 18.4 Å². The molecule has 1 aromatic carbocycles. The maximum absolute atomic E-state index is 12.1. The Kier molecular flexibility index (Phi) is 7.15. The van der Waals surface area contributed by atoms with Crippen LogP contribution in [0.3, 0.4) is 0 Å². The number of amides is 1. The quantitative estimate of drug-likeness (QED) is 0.577. The van der Waals surface area contributed by atoms with E-state index in [2.05, 4.69) is 19.2 Å². The van der Waals surface area contributed by atoms with Gasteiger partial charge in [0.15, 0.2) is 0 Å². The fourth-order valence-corrected chi connectivity index (χ4v) is 2.28. The summed E-state index contributed by atoms with van der Waals surface area (Å²) in [4.78, 5) is 22.3. The number of carbonyl (C=O) groups is 1. The van der Waals surface area contributed by atoms with Crippen molar-refractivity contribution in [3.8, 4) is 0 Å². The molecule has 116 valence electrons. The van der Waals surface area contributed by atoms with Gasteiger partial charge in [-0.1, -0.05) is 44.7 Å². The van der Waals surface area contributed by atoms with Gasteiger partial charge in [0, 0.05) is 18.7 Å². The molecule has 1 atom stereocenters. The zero-order valence-corrected chi connectivity index (χ0v) is 13.2. The van der Waals surface area contributed by atoms with Gasteiger partial charge in [-0.25, -0.2) is 0 Å². The van der Waals surface area contributed by atoms with Crippen molar-refractivity contribution in [1.29, 1.82) is 0 Å². The Hall–Kier alpha value is -1.62. The minimum absolute atomic E-state index is 0.137. The van der Waals surface area contributed by atoms with Gasteiger partial charge in [0.2, 0.25) is 0 Å². The Balaban J connectivity index is 2.70. The highest BCUT2D eigenvalue weighted by Crippen LogP contribution is 2.22. The summed E-state index contributed by atoms with van der Waals surface area (Å²) in [5.41, 5.74) is 0.0128. The van der Waals surface area contributed by atoms with Crippen molar-refractivity contribution in [3.63, 3.8) is 0 Å². The van der Waals surface area contributed by atoms with Gasteiger partial charge in [0.1, 0.15) is 0 Å². The van der Waals surface area contributed by atoms with E-state index in [9.17, 15) is 14.9 Å². The second-order valence-electron chi connectivity index (χ2n) is 5.05. The average Bonchev–Trinajstić information content (AvgIpc) is 2.47. The van der Waals surface area contributed by atoms with E-state index in [1.807, 2.05) is 0 Å². The van der Waals surface area contributed by atoms with Gasteiger partial charge in [-0.2, -0.15) is 0 Å². The van der Waals surface area contributed by atoms with Crippen LogP contribution in [-0.2, 0) is 0 Å². The fraction of sp³-hybridized carbons (Fsp3) is 0.533. The highest BCUT2D eigenvalue weighted by atomic mass is 35.5. The minimum atomic E-state index is -0.538. The molecule has 0 aliphatic rings. The van der Waals surface area contributed by atoms with E-state index < -0.39 is 4.92 Å². The van der Waals surface area contributed by atoms with Crippen LogP contribution in [0.15, 0.2) is 18.2 Å². The number of nitro groups is 1. The molecule has 0 aliphatic heterocycles. The summed E-state index contributed by atoms with van der Waals surface area (Å²) < 4.78 is 0. The Morgan fingerprint density at radius 1 is 1.43 bits per heavy atom. The van der Waals surface area contributed by atoms with Crippen LogP contribution in [0.5, 0.6) is 0 Å². The van der Waals surface area contributed by atoms with Crippen LogP contribution in [-0.4, -0.2) is 17.4 Å². The lowest BCUT2D eigenvalue weighted by Gasteiger charge is -2.15. The Morgan fingerprint density at radius 2 is 2.14 bits per heavy atom. The maximum atomic E-state index is 12.1. The van der Waals surface area contributed by atoms with Crippen LogP contribution in [0, 0.1) is 16.0 Å². The van der Waals surface area contributed by atoms with Crippen LogP contribution in [0.1, 0.15) is 49.9 Å². The topological polar surface area (TPSA) is 72.2 Å². The van der Waals surface area contributed by atoms with Gasteiger partial charge >= 0.3 is 0 Å². The molecular formula is C15H21ClN2O3. The molecule has 1 aromatic rings. The zero-order chi connectivity index (χ0) is 15.8. The number of non-ortho nitro benzene ring substituents is 1. The molecule has 0 unspecified atom stereocenters. The first kappa shape index (κ1) is 17.4. The molecule has 1 N–H and O–H groups in total. The summed E-state index contributed by atoms with van der Waals surface area (Å²) in [5.74, 6) is 0.0602. The Bertz CT molecular complexity index is 506. The predicted molar refractivity (Wildman–Crippen MR) is 83.7 cm³/mol. The molecule has 0 spiro atoms. The summed E-state index contributed by atoms with van der Waals surface area (Å²) >= 11 is 5.95. The number of nitrogens with one attached hydrogen (secondary N) is 1. The van der Waals surface area contributed by atoms with Crippen molar-refractivity contribution < 1.29 is 9.72 Å². The molecule has 0 saturated carbocycles. The Morgan fingerprint density at radius 3 is 2.71 bits per heavy atom. The van der Waals surface area contributed by atoms with Crippen molar-refractivity contribution in [1.82, 2.24) is 5.32 Å². The van der Waals surface area contributed by atoms with Gasteiger partial charge in [0.05, 0.1) is 15.5 Å². The molecule has 1 amide bonds. The number of rotatable bonds is 8. The molecule has 0 aliphatic carbocycles. The monoisotopic (exact) mass is 312 g/mol. The first-order chi connectivity index (χ1) is 9.99. The average molecular weight is 313 g/mol. The number of benzene rings is 1. The van der Waals surface area contributed by atoms with E-state index in [0.717, 1.165) is 25.7 Å². The molecule has 0 saturated heterocycles. The van der Waals surface area contributed by atoms with Gasteiger partial charge in [-0.15, -0.1) is 0 Å². The molecule has 6 heteroatoms. The number of unbranched alkanes of at least 4 members (excludes halogenated alkanes) is 1. The van der Waals surface area contributed by atoms with Crippen molar-refractivity contribution in [3.05, 3.63) is 38.9 Å². The van der Waals surface area contributed by atoms with Crippen LogP contribution < -0.4 is 5.32 Å². The molecule has 0 fully saturated rings. The third kappa shape index (κ3) is 5.34. The first-order valence-corrected chi connectivity index (χ1v) is 7.59. The Labute approximate surface area is 129 Å². The third-order valence-electron chi connectivity index (χ3n) is 3.50. The normalized spacial score (nSPS) is 12.0. The second-order valence-corrected chi connectivity index (χ2v) is 5.45. The van der Waals surface area contributed by atoms with E-state index in [4.69, 9.17) is 11.6 Å². The molecule has 0 heterocycles. The van der Waals surface area contributed by atoms with Crippen LogP contribution in [0.25, 0.3) is 0 Å². The third-order valence-corrected chi connectivity index (χ3v) is 3.83. The van der Waals surface area contributed by atoms with Crippen LogP contribution in [0.2, 0.25) is 5.02 Å². The SMILES string of the molecule is CCCC[C@H](CC)CNC(=O)c1cc([N+](=O)[O-])ccc1Cl. The number of carbonyl (C=O) groups excluding carboxylic acids is 1. The van der Waals surface area contributed by atoms with Gasteiger partial charge < -0.3 is 5.32 Å². The summed E-state index contributed by atoms with van der Waals surface area (Å²) in [6.07, 6.45) is 4.31. The number of hydrogen-bond donors (Lipinski definition) is 1. The molecule has 1 rings (SSSR count). The summed E-state index contributed by atoms with van der Waals surface area (Å²) in [6, 6.07) is 3.88. The second kappa shape index (κ2) is 8.62. The maximum Gasteiger partial charge on any atom is 0.270 e. The summed E-state index contributed by atoms with van der Waals surface area (Å²) in [7, 11) is 0. The van der Waals surface area contributed by atoms with Crippen molar-refractivity contribution in [2.24, 2.45) is 5.92 Å². The summed E-state index contributed by atoms with van der Waals surface area (Å²) in [6.45, 7) is 4.79. The number of halogens is 1.